The van der Waals surface area contributed by atoms with Gasteiger partial charge < -0.3 is 10.5 Å². The first kappa shape index (κ1) is 9.90. The predicted octanol–water partition coefficient (Wildman–Crippen LogP) is 2.69. The Bertz CT molecular complexity index is 271. The SMILES string of the molecule is CC(C)C(C)Oc1ccccc1N. The van der Waals surface area contributed by atoms with E-state index in [9.17, 15) is 0 Å². The normalized spacial score (nSPS) is 12.9. The second-order valence-corrected chi connectivity index (χ2v) is 3.60. The highest BCUT2D eigenvalue weighted by Crippen LogP contribution is 2.22. The summed E-state index contributed by atoms with van der Waals surface area (Å²) >= 11 is 0. The van der Waals surface area contributed by atoms with E-state index < -0.39 is 0 Å². The molecule has 0 spiro atoms. The molecule has 2 N–H and O–H groups in total. The highest BCUT2D eigenvalue weighted by Gasteiger charge is 2.09. The van der Waals surface area contributed by atoms with Crippen LogP contribution in [0.3, 0.4) is 0 Å². The summed E-state index contributed by atoms with van der Waals surface area (Å²) in [5.41, 5.74) is 6.45. The molecule has 0 amide bonds. The highest BCUT2D eigenvalue weighted by molar-refractivity contribution is 5.51. The van der Waals surface area contributed by atoms with Crippen molar-refractivity contribution < 1.29 is 4.74 Å². The van der Waals surface area contributed by atoms with Crippen LogP contribution in [0.4, 0.5) is 5.69 Å². The number of hydrogen-bond acceptors (Lipinski definition) is 2. The molecule has 1 rings (SSSR count). The molecule has 2 nitrogen and oxygen atoms in total. The van der Waals surface area contributed by atoms with E-state index in [2.05, 4.69) is 20.8 Å². The third-order valence-corrected chi connectivity index (χ3v) is 2.17. The smallest absolute Gasteiger partial charge is 0.142 e. The van der Waals surface area contributed by atoms with E-state index in [1.165, 1.54) is 0 Å². The van der Waals surface area contributed by atoms with Crippen molar-refractivity contribution in [3.8, 4) is 5.75 Å². The van der Waals surface area contributed by atoms with Crippen molar-refractivity contribution in [1.82, 2.24) is 0 Å². The van der Waals surface area contributed by atoms with Gasteiger partial charge in [0, 0.05) is 0 Å². The zero-order valence-electron chi connectivity index (χ0n) is 8.45. The molecule has 0 aliphatic heterocycles. The molecule has 0 aromatic heterocycles. The second kappa shape index (κ2) is 4.17. The van der Waals surface area contributed by atoms with Gasteiger partial charge in [0.05, 0.1) is 11.8 Å². The van der Waals surface area contributed by atoms with Crippen LogP contribution in [0.5, 0.6) is 5.75 Å². The first-order valence-electron chi connectivity index (χ1n) is 4.62. The van der Waals surface area contributed by atoms with Crippen LogP contribution in [0, 0.1) is 5.92 Å². The number of rotatable bonds is 3. The summed E-state index contributed by atoms with van der Waals surface area (Å²) < 4.78 is 5.68. The number of benzene rings is 1. The second-order valence-electron chi connectivity index (χ2n) is 3.60. The minimum atomic E-state index is 0.199. The van der Waals surface area contributed by atoms with Gasteiger partial charge >= 0.3 is 0 Å². The Morgan fingerprint density at radius 3 is 2.31 bits per heavy atom. The van der Waals surface area contributed by atoms with Crippen LogP contribution in [0.25, 0.3) is 0 Å². The first-order chi connectivity index (χ1) is 6.11. The fourth-order valence-corrected chi connectivity index (χ4v) is 0.924. The summed E-state index contributed by atoms with van der Waals surface area (Å²) in [7, 11) is 0. The molecule has 13 heavy (non-hydrogen) atoms. The summed E-state index contributed by atoms with van der Waals surface area (Å²) in [5.74, 6) is 1.28. The van der Waals surface area contributed by atoms with E-state index in [1.807, 2.05) is 24.3 Å². The van der Waals surface area contributed by atoms with E-state index >= 15 is 0 Å². The Morgan fingerprint density at radius 1 is 1.15 bits per heavy atom. The van der Waals surface area contributed by atoms with Crippen LogP contribution >= 0.6 is 0 Å². The molecule has 0 saturated heterocycles. The molecule has 0 aliphatic rings. The van der Waals surface area contributed by atoms with E-state index in [0.29, 0.717) is 11.6 Å². The van der Waals surface area contributed by atoms with Crippen LogP contribution in [-0.2, 0) is 0 Å². The number of hydrogen-bond donors (Lipinski definition) is 1. The molecule has 72 valence electrons. The largest absolute Gasteiger partial charge is 0.488 e. The van der Waals surface area contributed by atoms with Crippen LogP contribution in [0.2, 0.25) is 0 Å². The number of nitrogen functional groups attached to an aromatic ring is 1. The van der Waals surface area contributed by atoms with Crippen molar-refractivity contribution in [1.29, 1.82) is 0 Å². The molecule has 1 atom stereocenters. The van der Waals surface area contributed by atoms with Crippen molar-refractivity contribution in [3.05, 3.63) is 24.3 Å². The first-order valence-corrected chi connectivity index (χ1v) is 4.62. The van der Waals surface area contributed by atoms with Crippen molar-refractivity contribution in [3.63, 3.8) is 0 Å². The lowest BCUT2D eigenvalue weighted by molar-refractivity contribution is 0.171. The van der Waals surface area contributed by atoms with Crippen LogP contribution in [0.1, 0.15) is 20.8 Å². The Balaban J connectivity index is 2.69. The maximum Gasteiger partial charge on any atom is 0.142 e. The topological polar surface area (TPSA) is 35.2 Å². The molecule has 0 aliphatic carbocycles. The number of para-hydroxylation sites is 2. The van der Waals surface area contributed by atoms with Gasteiger partial charge in [-0.2, -0.15) is 0 Å². The van der Waals surface area contributed by atoms with Crippen LogP contribution in [-0.4, -0.2) is 6.10 Å². The zero-order chi connectivity index (χ0) is 9.84. The number of anilines is 1. The average molecular weight is 179 g/mol. The number of ether oxygens (including phenoxy) is 1. The van der Waals surface area contributed by atoms with E-state index in [1.54, 1.807) is 0 Å². The molecule has 1 aromatic rings. The lowest BCUT2D eigenvalue weighted by atomic mass is 10.1. The molecule has 0 saturated carbocycles. The lowest BCUT2D eigenvalue weighted by Gasteiger charge is -2.18. The maximum absolute atomic E-state index is 5.74. The van der Waals surface area contributed by atoms with Gasteiger partial charge in [-0.15, -0.1) is 0 Å². The quantitative estimate of drug-likeness (QED) is 0.724. The highest BCUT2D eigenvalue weighted by atomic mass is 16.5. The van der Waals surface area contributed by atoms with Crippen molar-refractivity contribution in [2.24, 2.45) is 5.92 Å². The van der Waals surface area contributed by atoms with Gasteiger partial charge in [-0.25, -0.2) is 0 Å². The maximum atomic E-state index is 5.74. The third-order valence-electron chi connectivity index (χ3n) is 2.17. The van der Waals surface area contributed by atoms with Crippen LogP contribution < -0.4 is 10.5 Å². The fourth-order valence-electron chi connectivity index (χ4n) is 0.924. The molecule has 0 bridgehead atoms. The molecule has 1 aromatic carbocycles. The Morgan fingerprint density at radius 2 is 1.77 bits per heavy atom. The van der Waals surface area contributed by atoms with Gasteiger partial charge in [-0.3, -0.25) is 0 Å². The molecule has 0 radical (unpaired) electrons. The Labute approximate surface area is 79.7 Å². The summed E-state index contributed by atoms with van der Waals surface area (Å²) in [6, 6.07) is 7.58. The molecule has 0 fully saturated rings. The molecular formula is C11H17NO. The van der Waals surface area contributed by atoms with Gasteiger partial charge in [0.1, 0.15) is 5.75 Å². The molecule has 1 unspecified atom stereocenters. The van der Waals surface area contributed by atoms with E-state index in [0.717, 1.165) is 5.75 Å². The van der Waals surface area contributed by atoms with Gasteiger partial charge in [-0.1, -0.05) is 26.0 Å². The van der Waals surface area contributed by atoms with Gasteiger partial charge in [0.2, 0.25) is 0 Å². The van der Waals surface area contributed by atoms with Gasteiger partial charge in [0.25, 0.3) is 0 Å². The standard InChI is InChI=1S/C11H17NO/c1-8(2)9(3)13-11-7-5-4-6-10(11)12/h4-9H,12H2,1-3H3. The molecule has 0 heterocycles. The molecule has 2 heteroatoms. The van der Waals surface area contributed by atoms with Crippen molar-refractivity contribution >= 4 is 5.69 Å². The Kier molecular flexibility index (Phi) is 3.18. The monoisotopic (exact) mass is 179 g/mol. The van der Waals surface area contributed by atoms with Crippen LogP contribution in [0.15, 0.2) is 24.3 Å². The lowest BCUT2D eigenvalue weighted by Crippen LogP contribution is -2.19. The van der Waals surface area contributed by atoms with Gasteiger partial charge in [0.15, 0.2) is 0 Å². The van der Waals surface area contributed by atoms with E-state index in [-0.39, 0.29) is 6.10 Å². The summed E-state index contributed by atoms with van der Waals surface area (Å²) in [5, 5.41) is 0. The average Bonchev–Trinajstić information content (AvgIpc) is 2.08. The summed E-state index contributed by atoms with van der Waals surface area (Å²) in [6.45, 7) is 6.31. The summed E-state index contributed by atoms with van der Waals surface area (Å²) in [4.78, 5) is 0. The third kappa shape index (κ3) is 2.65. The van der Waals surface area contributed by atoms with E-state index in [4.69, 9.17) is 10.5 Å². The summed E-state index contributed by atoms with van der Waals surface area (Å²) in [6.07, 6.45) is 0.199. The number of nitrogens with two attached hydrogens (primary N) is 1. The minimum Gasteiger partial charge on any atom is -0.488 e. The fraction of sp³-hybridized carbons (Fsp3) is 0.455. The Hall–Kier alpha value is -1.18. The van der Waals surface area contributed by atoms with Gasteiger partial charge in [-0.05, 0) is 25.0 Å². The zero-order valence-corrected chi connectivity index (χ0v) is 8.45. The van der Waals surface area contributed by atoms with Crippen molar-refractivity contribution in [2.75, 3.05) is 5.73 Å². The molecular weight excluding hydrogens is 162 g/mol. The minimum absolute atomic E-state index is 0.199. The van der Waals surface area contributed by atoms with Crippen molar-refractivity contribution in [2.45, 2.75) is 26.9 Å². The predicted molar refractivity (Wildman–Crippen MR) is 55.8 cm³/mol.